The molecule has 0 spiro atoms. The maximum absolute atomic E-state index is 12.6. The molecule has 30 heavy (non-hydrogen) atoms. The molecule has 0 saturated carbocycles. The lowest BCUT2D eigenvalue weighted by Crippen LogP contribution is -2.49. The van der Waals surface area contributed by atoms with Crippen molar-refractivity contribution in [1.29, 1.82) is 0 Å². The molecule has 160 valence electrons. The van der Waals surface area contributed by atoms with Gasteiger partial charge in [-0.2, -0.15) is 0 Å². The number of aromatic hydroxyl groups is 1. The third-order valence-corrected chi connectivity index (χ3v) is 5.65. The van der Waals surface area contributed by atoms with Gasteiger partial charge in [0.15, 0.2) is 6.61 Å². The smallest absolute Gasteiger partial charge is 0.260 e. The van der Waals surface area contributed by atoms with Crippen molar-refractivity contribution in [2.75, 3.05) is 13.7 Å². The highest BCUT2D eigenvalue weighted by atomic mass is 16.5. The van der Waals surface area contributed by atoms with Crippen molar-refractivity contribution in [3.8, 4) is 11.5 Å². The molecule has 0 bridgehead atoms. The average Bonchev–Trinajstić information content (AvgIpc) is 2.73. The number of hydrogen-bond acceptors (Lipinski definition) is 4. The van der Waals surface area contributed by atoms with Gasteiger partial charge in [-0.05, 0) is 75.1 Å². The number of carbonyl (C=O) groups is 2. The van der Waals surface area contributed by atoms with Gasteiger partial charge in [-0.25, -0.2) is 0 Å². The summed E-state index contributed by atoms with van der Waals surface area (Å²) in [5.74, 6) is 0.662. The third-order valence-electron chi connectivity index (χ3n) is 5.65. The molecule has 6 heteroatoms. The standard InChI is InChI=1S/C24H30N2O4/c1-17-5-4-6-18(2)26(17)23(28)16-30-22-13-9-20(10-14-22)24(29)25(3)15-19-7-11-21(27)12-8-19/h7-14,17-18,27H,4-6,15-16H2,1-3H3. The topological polar surface area (TPSA) is 70.1 Å². The molecule has 1 fully saturated rings. The summed E-state index contributed by atoms with van der Waals surface area (Å²) in [6.07, 6.45) is 3.22. The van der Waals surface area contributed by atoms with E-state index in [1.54, 1.807) is 60.5 Å². The second-order valence-corrected chi connectivity index (χ2v) is 8.07. The largest absolute Gasteiger partial charge is 0.508 e. The molecule has 2 atom stereocenters. The van der Waals surface area contributed by atoms with Crippen molar-refractivity contribution in [3.05, 3.63) is 59.7 Å². The maximum atomic E-state index is 12.6. The Hall–Kier alpha value is -3.02. The third kappa shape index (κ3) is 5.32. The van der Waals surface area contributed by atoms with Crippen molar-refractivity contribution in [1.82, 2.24) is 9.80 Å². The highest BCUT2D eigenvalue weighted by molar-refractivity contribution is 5.94. The molecule has 0 aromatic heterocycles. The number of ether oxygens (including phenoxy) is 1. The summed E-state index contributed by atoms with van der Waals surface area (Å²) in [5.41, 5.74) is 1.48. The van der Waals surface area contributed by atoms with Crippen LogP contribution in [0.2, 0.25) is 0 Å². The number of piperidine rings is 1. The first-order valence-corrected chi connectivity index (χ1v) is 10.4. The summed E-state index contributed by atoms with van der Waals surface area (Å²) in [6.45, 7) is 4.62. The second-order valence-electron chi connectivity index (χ2n) is 8.07. The van der Waals surface area contributed by atoms with Crippen LogP contribution in [0.25, 0.3) is 0 Å². The quantitative estimate of drug-likeness (QED) is 0.786. The Kier molecular flexibility index (Phi) is 6.98. The number of likely N-dealkylation sites (tertiary alicyclic amines) is 1. The first-order valence-electron chi connectivity index (χ1n) is 10.4. The van der Waals surface area contributed by atoms with Crippen LogP contribution in [0, 0.1) is 0 Å². The van der Waals surface area contributed by atoms with Crippen LogP contribution >= 0.6 is 0 Å². The van der Waals surface area contributed by atoms with Gasteiger partial charge in [0.05, 0.1) is 0 Å². The van der Waals surface area contributed by atoms with Gasteiger partial charge in [-0.1, -0.05) is 12.1 Å². The monoisotopic (exact) mass is 410 g/mol. The zero-order valence-corrected chi connectivity index (χ0v) is 17.9. The van der Waals surface area contributed by atoms with E-state index in [4.69, 9.17) is 4.74 Å². The maximum Gasteiger partial charge on any atom is 0.260 e. The van der Waals surface area contributed by atoms with E-state index in [0.29, 0.717) is 17.9 Å². The molecule has 6 nitrogen and oxygen atoms in total. The van der Waals surface area contributed by atoms with Gasteiger partial charge < -0.3 is 19.6 Å². The lowest BCUT2D eigenvalue weighted by Gasteiger charge is -2.38. The first-order chi connectivity index (χ1) is 14.3. The Morgan fingerprint density at radius 1 is 1.03 bits per heavy atom. The minimum atomic E-state index is -0.110. The zero-order valence-electron chi connectivity index (χ0n) is 17.9. The number of phenols is 1. The molecule has 1 N–H and O–H groups in total. The minimum Gasteiger partial charge on any atom is -0.508 e. The minimum absolute atomic E-state index is 0.00271. The Morgan fingerprint density at radius 2 is 1.63 bits per heavy atom. The molecule has 2 aromatic rings. The van der Waals surface area contributed by atoms with E-state index >= 15 is 0 Å². The number of rotatable bonds is 6. The van der Waals surface area contributed by atoms with Crippen LogP contribution in [-0.4, -0.2) is 52.5 Å². The van der Waals surface area contributed by atoms with Crippen LogP contribution in [-0.2, 0) is 11.3 Å². The number of hydrogen-bond donors (Lipinski definition) is 1. The summed E-state index contributed by atoms with van der Waals surface area (Å²) in [4.78, 5) is 28.8. The van der Waals surface area contributed by atoms with Crippen LogP contribution < -0.4 is 4.74 Å². The molecule has 0 aliphatic carbocycles. The van der Waals surface area contributed by atoms with Crippen molar-refractivity contribution < 1.29 is 19.4 Å². The number of carbonyl (C=O) groups excluding carboxylic acids is 2. The fraction of sp³-hybridized carbons (Fsp3) is 0.417. The van der Waals surface area contributed by atoms with E-state index in [2.05, 4.69) is 13.8 Å². The molecule has 3 rings (SSSR count). The molecule has 1 aliphatic heterocycles. The summed E-state index contributed by atoms with van der Waals surface area (Å²) < 4.78 is 5.68. The summed E-state index contributed by atoms with van der Waals surface area (Å²) in [6, 6.07) is 14.1. The van der Waals surface area contributed by atoms with Crippen LogP contribution in [0.3, 0.4) is 0 Å². The number of amides is 2. The molecular weight excluding hydrogens is 380 g/mol. The molecule has 2 aromatic carbocycles. The fourth-order valence-electron chi connectivity index (χ4n) is 3.99. The molecule has 1 saturated heterocycles. The zero-order chi connectivity index (χ0) is 21.7. The van der Waals surface area contributed by atoms with Gasteiger partial charge in [0.2, 0.25) is 0 Å². The Morgan fingerprint density at radius 3 is 2.23 bits per heavy atom. The van der Waals surface area contributed by atoms with Gasteiger partial charge in [0, 0.05) is 31.2 Å². The predicted molar refractivity (Wildman–Crippen MR) is 115 cm³/mol. The highest BCUT2D eigenvalue weighted by Gasteiger charge is 2.29. The van der Waals surface area contributed by atoms with Crippen molar-refractivity contribution in [3.63, 3.8) is 0 Å². The van der Waals surface area contributed by atoms with Crippen molar-refractivity contribution in [2.45, 2.75) is 51.7 Å². The molecule has 2 amide bonds. The van der Waals surface area contributed by atoms with Crippen molar-refractivity contribution >= 4 is 11.8 Å². The van der Waals surface area contributed by atoms with Gasteiger partial charge in [-0.15, -0.1) is 0 Å². The number of phenolic OH excluding ortho intramolecular Hbond substituents is 1. The first kappa shape index (κ1) is 21.7. The van der Waals surface area contributed by atoms with Crippen molar-refractivity contribution in [2.24, 2.45) is 0 Å². The fourth-order valence-corrected chi connectivity index (χ4v) is 3.99. The van der Waals surface area contributed by atoms with E-state index in [0.717, 1.165) is 24.8 Å². The van der Waals surface area contributed by atoms with Crippen LogP contribution in [0.4, 0.5) is 0 Å². The lowest BCUT2D eigenvalue weighted by atomic mass is 9.97. The molecule has 1 aliphatic rings. The van der Waals surface area contributed by atoms with Crippen LogP contribution in [0.5, 0.6) is 11.5 Å². The molecular formula is C24H30N2O4. The SMILES string of the molecule is CC1CCCC(C)N1C(=O)COc1ccc(C(=O)N(C)Cc2ccc(O)cc2)cc1. The summed E-state index contributed by atoms with van der Waals surface area (Å²) in [5, 5.41) is 9.37. The van der Waals surface area contributed by atoms with Crippen LogP contribution in [0.1, 0.15) is 49.0 Å². The second kappa shape index (κ2) is 9.65. The summed E-state index contributed by atoms with van der Waals surface area (Å²) >= 11 is 0. The number of benzene rings is 2. The molecule has 1 heterocycles. The van der Waals surface area contributed by atoms with E-state index in [9.17, 15) is 14.7 Å². The van der Waals surface area contributed by atoms with Gasteiger partial charge in [0.1, 0.15) is 11.5 Å². The average molecular weight is 411 g/mol. The van der Waals surface area contributed by atoms with E-state index < -0.39 is 0 Å². The van der Waals surface area contributed by atoms with Crippen LogP contribution in [0.15, 0.2) is 48.5 Å². The lowest BCUT2D eigenvalue weighted by molar-refractivity contribution is -0.139. The summed E-state index contributed by atoms with van der Waals surface area (Å²) in [7, 11) is 1.74. The molecule has 0 radical (unpaired) electrons. The molecule has 2 unspecified atom stereocenters. The number of nitrogens with zero attached hydrogens (tertiary/aromatic N) is 2. The van der Waals surface area contributed by atoms with E-state index in [-0.39, 0.29) is 36.3 Å². The highest BCUT2D eigenvalue weighted by Crippen LogP contribution is 2.23. The van der Waals surface area contributed by atoms with Gasteiger partial charge in [-0.3, -0.25) is 9.59 Å². The Bertz CT molecular complexity index is 854. The van der Waals surface area contributed by atoms with Gasteiger partial charge in [0.25, 0.3) is 11.8 Å². The van der Waals surface area contributed by atoms with E-state index in [1.807, 2.05) is 4.90 Å². The Balaban J connectivity index is 1.54. The normalized spacial score (nSPS) is 18.7. The predicted octanol–water partition coefficient (Wildman–Crippen LogP) is 3.83. The van der Waals surface area contributed by atoms with Gasteiger partial charge >= 0.3 is 0 Å². The van der Waals surface area contributed by atoms with E-state index in [1.165, 1.54) is 0 Å². The Labute approximate surface area is 178 Å².